The molecule has 0 aliphatic carbocycles. The van der Waals surface area contributed by atoms with Gasteiger partial charge in [0.15, 0.2) is 0 Å². The van der Waals surface area contributed by atoms with Gasteiger partial charge in [-0.05, 0) is 25.6 Å². The third-order valence-electron chi connectivity index (χ3n) is 1.91. The molecule has 0 spiro atoms. The maximum atomic E-state index is 10.5. The van der Waals surface area contributed by atoms with Gasteiger partial charge >= 0.3 is 0 Å². The predicted molar refractivity (Wildman–Crippen MR) is 58.6 cm³/mol. The summed E-state index contributed by atoms with van der Waals surface area (Å²) in [5, 5.41) is 13.4. The Balaban J connectivity index is 2.95. The number of nitrogens with zero attached hydrogens (tertiary/aromatic N) is 1. The van der Waals surface area contributed by atoms with Crippen molar-refractivity contribution in [1.82, 2.24) is 5.32 Å². The largest absolute Gasteiger partial charge is 0.309 e. The number of hydrogen-bond donors (Lipinski definition) is 1. The van der Waals surface area contributed by atoms with Crippen LogP contribution in [0.3, 0.4) is 0 Å². The van der Waals surface area contributed by atoms with Crippen molar-refractivity contribution in [3.05, 3.63) is 39.4 Å². The minimum atomic E-state index is -0.405. The van der Waals surface area contributed by atoms with Crippen molar-refractivity contribution in [2.24, 2.45) is 0 Å². The molecule has 0 aliphatic rings. The number of aryl methyl sites for hydroxylation is 1. The lowest BCUT2D eigenvalue weighted by Crippen LogP contribution is -2.04. The van der Waals surface area contributed by atoms with Crippen LogP contribution in [0.15, 0.2) is 18.2 Å². The minimum Gasteiger partial charge on any atom is -0.309 e. The maximum absolute atomic E-state index is 10.5. The van der Waals surface area contributed by atoms with Crippen LogP contribution in [-0.2, 0) is 0 Å². The second-order valence-electron chi connectivity index (χ2n) is 3.09. The molecule has 0 saturated heterocycles. The summed E-state index contributed by atoms with van der Waals surface area (Å²) in [7, 11) is 1.82. The maximum Gasteiger partial charge on any atom is 0.269 e. The quantitative estimate of drug-likeness (QED) is 0.451. The van der Waals surface area contributed by atoms with E-state index >= 15 is 0 Å². The van der Waals surface area contributed by atoms with Crippen LogP contribution in [0.25, 0.3) is 0 Å². The molecule has 0 atom stereocenters. The molecule has 0 radical (unpaired) electrons. The van der Waals surface area contributed by atoms with Crippen LogP contribution in [0.5, 0.6) is 0 Å². The van der Waals surface area contributed by atoms with E-state index in [2.05, 4.69) is 17.2 Å². The van der Waals surface area contributed by atoms with Crippen LogP contribution in [0.4, 0.5) is 5.69 Å². The molecule has 1 rings (SSSR count). The van der Waals surface area contributed by atoms with Crippen LogP contribution in [0, 0.1) is 28.9 Å². The van der Waals surface area contributed by atoms with E-state index in [0.29, 0.717) is 6.54 Å². The lowest BCUT2D eigenvalue weighted by Gasteiger charge is -1.97. The van der Waals surface area contributed by atoms with Gasteiger partial charge in [-0.15, -0.1) is 0 Å². The van der Waals surface area contributed by atoms with Gasteiger partial charge in [0.1, 0.15) is 0 Å². The lowest BCUT2D eigenvalue weighted by atomic mass is 10.1. The summed E-state index contributed by atoms with van der Waals surface area (Å²) < 4.78 is 0. The molecule has 0 fully saturated rings. The molecule has 0 unspecified atom stereocenters. The van der Waals surface area contributed by atoms with E-state index in [1.165, 1.54) is 12.1 Å². The lowest BCUT2D eigenvalue weighted by molar-refractivity contribution is -0.384. The van der Waals surface area contributed by atoms with Gasteiger partial charge in [0.05, 0.1) is 11.5 Å². The molecule has 1 N–H and O–H groups in total. The topological polar surface area (TPSA) is 55.2 Å². The first-order valence-electron chi connectivity index (χ1n) is 4.53. The fourth-order valence-electron chi connectivity index (χ4n) is 1.13. The van der Waals surface area contributed by atoms with Crippen LogP contribution in [0.2, 0.25) is 0 Å². The van der Waals surface area contributed by atoms with Gasteiger partial charge in [0, 0.05) is 17.7 Å². The molecule has 1 aromatic rings. The smallest absolute Gasteiger partial charge is 0.269 e. The van der Waals surface area contributed by atoms with Gasteiger partial charge in [-0.3, -0.25) is 10.1 Å². The van der Waals surface area contributed by atoms with Crippen LogP contribution in [0.1, 0.15) is 11.1 Å². The van der Waals surface area contributed by atoms with Gasteiger partial charge in [0.25, 0.3) is 5.69 Å². The molecule has 0 amide bonds. The molecule has 0 bridgehead atoms. The summed E-state index contributed by atoms with van der Waals surface area (Å²) in [6, 6.07) is 4.68. The molecular weight excluding hydrogens is 192 g/mol. The SMILES string of the molecule is CNCC#Cc1ccc([N+](=O)[O-])cc1C. The number of nitrogens with one attached hydrogen (secondary N) is 1. The molecule has 0 aliphatic heterocycles. The summed E-state index contributed by atoms with van der Waals surface area (Å²) >= 11 is 0. The fourth-order valence-corrected chi connectivity index (χ4v) is 1.13. The van der Waals surface area contributed by atoms with Crippen LogP contribution >= 0.6 is 0 Å². The third-order valence-corrected chi connectivity index (χ3v) is 1.91. The normalized spacial score (nSPS) is 9.20. The van der Waals surface area contributed by atoms with E-state index in [4.69, 9.17) is 0 Å². The Bertz CT molecular complexity index is 430. The van der Waals surface area contributed by atoms with Gasteiger partial charge in [-0.25, -0.2) is 0 Å². The number of rotatable bonds is 2. The van der Waals surface area contributed by atoms with Gasteiger partial charge in [-0.2, -0.15) is 0 Å². The van der Waals surface area contributed by atoms with Crippen molar-refractivity contribution in [1.29, 1.82) is 0 Å². The number of non-ortho nitro benzene ring substituents is 1. The van der Waals surface area contributed by atoms with Gasteiger partial charge in [-0.1, -0.05) is 11.8 Å². The highest BCUT2D eigenvalue weighted by atomic mass is 16.6. The van der Waals surface area contributed by atoms with Crippen LogP contribution < -0.4 is 5.32 Å². The van der Waals surface area contributed by atoms with E-state index in [1.807, 2.05) is 14.0 Å². The zero-order chi connectivity index (χ0) is 11.3. The Morgan fingerprint density at radius 3 is 2.80 bits per heavy atom. The van der Waals surface area contributed by atoms with Gasteiger partial charge < -0.3 is 5.32 Å². The summed E-state index contributed by atoms with van der Waals surface area (Å²) in [6.07, 6.45) is 0. The summed E-state index contributed by atoms with van der Waals surface area (Å²) in [5.41, 5.74) is 1.76. The number of nitro benzene ring substituents is 1. The fraction of sp³-hybridized carbons (Fsp3) is 0.273. The first-order chi connectivity index (χ1) is 7.15. The molecular formula is C11H12N2O2. The second kappa shape index (κ2) is 5.13. The van der Waals surface area contributed by atoms with Crippen molar-refractivity contribution < 1.29 is 4.92 Å². The first kappa shape index (κ1) is 11.2. The predicted octanol–water partition coefficient (Wildman–Crippen LogP) is 1.47. The van der Waals surface area contributed by atoms with Crippen LogP contribution in [-0.4, -0.2) is 18.5 Å². The zero-order valence-corrected chi connectivity index (χ0v) is 8.70. The Hall–Kier alpha value is -1.86. The van der Waals surface area contributed by atoms with E-state index < -0.39 is 4.92 Å². The van der Waals surface area contributed by atoms with Crippen molar-refractivity contribution in [2.75, 3.05) is 13.6 Å². The van der Waals surface area contributed by atoms with Crippen molar-refractivity contribution in [2.45, 2.75) is 6.92 Å². The summed E-state index contributed by atoms with van der Waals surface area (Å²) in [5.74, 6) is 5.85. The van der Waals surface area contributed by atoms with E-state index in [-0.39, 0.29) is 5.69 Å². The van der Waals surface area contributed by atoms with Crippen molar-refractivity contribution >= 4 is 5.69 Å². The molecule has 0 aromatic heterocycles. The average molecular weight is 204 g/mol. The number of benzene rings is 1. The monoisotopic (exact) mass is 204 g/mol. The number of hydrogen-bond acceptors (Lipinski definition) is 3. The molecule has 15 heavy (non-hydrogen) atoms. The summed E-state index contributed by atoms with van der Waals surface area (Å²) in [4.78, 5) is 10.1. The Morgan fingerprint density at radius 1 is 1.53 bits per heavy atom. The average Bonchev–Trinajstić information content (AvgIpc) is 2.20. The van der Waals surface area contributed by atoms with E-state index in [0.717, 1.165) is 11.1 Å². The third kappa shape index (κ3) is 3.08. The Labute approximate surface area is 88.5 Å². The molecule has 4 heteroatoms. The minimum absolute atomic E-state index is 0.103. The zero-order valence-electron chi connectivity index (χ0n) is 8.70. The number of nitro groups is 1. The molecule has 1 aromatic carbocycles. The molecule has 78 valence electrons. The van der Waals surface area contributed by atoms with E-state index in [1.54, 1.807) is 6.07 Å². The molecule has 0 saturated carbocycles. The van der Waals surface area contributed by atoms with E-state index in [9.17, 15) is 10.1 Å². The van der Waals surface area contributed by atoms with Crippen molar-refractivity contribution in [3.63, 3.8) is 0 Å². The van der Waals surface area contributed by atoms with Crippen molar-refractivity contribution in [3.8, 4) is 11.8 Å². The highest BCUT2D eigenvalue weighted by Gasteiger charge is 2.06. The highest BCUT2D eigenvalue weighted by Crippen LogP contribution is 2.15. The van der Waals surface area contributed by atoms with Gasteiger partial charge in [0.2, 0.25) is 0 Å². The highest BCUT2D eigenvalue weighted by molar-refractivity contribution is 5.47. The summed E-state index contributed by atoms with van der Waals surface area (Å²) in [6.45, 7) is 2.42. The Kier molecular flexibility index (Phi) is 3.83. The second-order valence-corrected chi connectivity index (χ2v) is 3.09. The molecule has 0 heterocycles. The standard InChI is InChI=1S/C11H12N2O2/c1-9-8-11(13(14)15)6-5-10(9)4-3-7-12-2/h5-6,8,12H,7H2,1-2H3. The first-order valence-corrected chi connectivity index (χ1v) is 4.53. The molecule has 4 nitrogen and oxygen atoms in total. The Morgan fingerprint density at radius 2 is 2.27 bits per heavy atom.